The van der Waals surface area contributed by atoms with Crippen LogP contribution in [0.2, 0.25) is 0 Å². The molecule has 0 amide bonds. The third-order valence-electron chi connectivity index (χ3n) is 3.26. The Morgan fingerprint density at radius 3 is 2.93 bits per heavy atom. The standard InChI is InChI=1S/C10H16N4S/c1-14(8-4-5-11-6-8)10-12-9(13-15-10)7-2-3-7/h7-8,11H,2-6H2,1H3. The smallest absolute Gasteiger partial charge is 0.205 e. The summed E-state index contributed by atoms with van der Waals surface area (Å²) in [7, 11) is 2.13. The van der Waals surface area contributed by atoms with Crippen LogP contribution in [0.4, 0.5) is 5.13 Å². The highest BCUT2D eigenvalue weighted by Gasteiger charge is 2.29. The summed E-state index contributed by atoms with van der Waals surface area (Å²) in [5, 5.41) is 4.47. The predicted octanol–water partition coefficient (Wildman–Crippen LogP) is 1.21. The molecule has 2 heterocycles. The van der Waals surface area contributed by atoms with Gasteiger partial charge in [0.25, 0.3) is 0 Å². The molecule has 4 nitrogen and oxygen atoms in total. The minimum atomic E-state index is 0.602. The quantitative estimate of drug-likeness (QED) is 0.838. The molecular formula is C10H16N4S. The first kappa shape index (κ1) is 9.54. The van der Waals surface area contributed by atoms with Crippen molar-refractivity contribution in [2.45, 2.75) is 31.2 Å². The van der Waals surface area contributed by atoms with Crippen molar-refractivity contribution in [1.82, 2.24) is 14.7 Å². The number of hydrogen-bond acceptors (Lipinski definition) is 5. The second kappa shape index (κ2) is 3.72. The van der Waals surface area contributed by atoms with Crippen molar-refractivity contribution in [2.24, 2.45) is 0 Å². The van der Waals surface area contributed by atoms with E-state index in [4.69, 9.17) is 0 Å². The summed E-state index contributed by atoms with van der Waals surface area (Å²) < 4.78 is 4.44. The lowest BCUT2D eigenvalue weighted by molar-refractivity contribution is 0.682. The van der Waals surface area contributed by atoms with Crippen molar-refractivity contribution >= 4 is 16.7 Å². The van der Waals surface area contributed by atoms with E-state index in [1.54, 1.807) is 11.5 Å². The van der Waals surface area contributed by atoms with Gasteiger partial charge in [-0.1, -0.05) is 0 Å². The number of rotatable bonds is 3. The third kappa shape index (κ3) is 1.86. The Morgan fingerprint density at radius 2 is 2.27 bits per heavy atom. The predicted molar refractivity (Wildman–Crippen MR) is 61.6 cm³/mol. The zero-order valence-electron chi connectivity index (χ0n) is 8.94. The molecule has 1 unspecified atom stereocenters. The van der Waals surface area contributed by atoms with Gasteiger partial charge in [-0.2, -0.15) is 4.37 Å². The van der Waals surface area contributed by atoms with Gasteiger partial charge in [0.15, 0.2) is 0 Å². The van der Waals surface area contributed by atoms with Crippen LogP contribution in [0, 0.1) is 0 Å². The molecule has 0 radical (unpaired) electrons. The van der Waals surface area contributed by atoms with Crippen LogP contribution in [0.3, 0.4) is 0 Å². The zero-order chi connectivity index (χ0) is 10.3. The Balaban J connectivity index is 1.72. The molecule has 2 fully saturated rings. The zero-order valence-corrected chi connectivity index (χ0v) is 9.76. The van der Waals surface area contributed by atoms with E-state index in [1.165, 1.54) is 19.3 Å². The second-order valence-electron chi connectivity index (χ2n) is 4.47. The highest BCUT2D eigenvalue weighted by Crippen LogP contribution is 2.39. The van der Waals surface area contributed by atoms with Crippen LogP contribution < -0.4 is 10.2 Å². The van der Waals surface area contributed by atoms with Crippen LogP contribution in [-0.2, 0) is 0 Å². The molecule has 2 aliphatic rings. The molecule has 15 heavy (non-hydrogen) atoms. The van der Waals surface area contributed by atoms with Gasteiger partial charge in [-0.05, 0) is 25.8 Å². The number of likely N-dealkylation sites (N-methyl/N-ethyl adjacent to an activating group) is 1. The van der Waals surface area contributed by atoms with Crippen LogP contribution in [0.15, 0.2) is 0 Å². The number of hydrogen-bond donors (Lipinski definition) is 1. The van der Waals surface area contributed by atoms with Gasteiger partial charge in [0.2, 0.25) is 5.13 Å². The van der Waals surface area contributed by atoms with Crippen molar-refractivity contribution in [3.05, 3.63) is 5.82 Å². The maximum Gasteiger partial charge on any atom is 0.205 e. The molecule has 1 saturated carbocycles. The summed E-state index contributed by atoms with van der Waals surface area (Å²) in [5.41, 5.74) is 0. The van der Waals surface area contributed by atoms with Gasteiger partial charge in [-0.3, -0.25) is 0 Å². The SMILES string of the molecule is CN(c1nc(C2CC2)ns1)C1CCNC1. The molecule has 0 spiro atoms. The van der Waals surface area contributed by atoms with Gasteiger partial charge in [0.1, 0.15) is 5.82 Å². The molecule has 1 aliphatic carbocycles. The first-order valence-corrected chi connectivity index (χ1v) is 6.39. The van der Waals surface area contributed by atoms with Gasteiger partial charge in [0.05, 0.1) is 0 Å². The summed E-state index contributed by atoms with van der Waals surface area (Å²) in [6, 6.07) is 0.602. The van der Waals surface area contributed by atoms with Crippen molar-refractivity contribution in [2.75, 3.05) is 25.0 Å². The molecule has 1 atom stereocenters. The van der Waals surface area contributed by atoms with E-state index in [-0.39, 0.29) is 0 Å². The fourth-order valence-electron chi connectivity index (χ4n) is 2.00. The van der Waals surface area contributed by atoms with E-state index in [0.29, 0.717) is 12.0 Å². The Morgan fingerprint density at radius 1 is 1.40 bits per heavy atom. The van der Waals surface area contributed by atoms with Crippen LogP contribution in [0.5, 0.6) is 0 Å². The van der Waals surface area contributed by atoms with Gasteiger partial charge >= 0.3 is 0 Å². The summed E-state index contributed by atoms with van der Waals surface area (Å²) in [4.78, 5) is 6.90. The molecule has 0 bridgehead atoms. The van der Waals surface area contributed by atoms with Crippen molar-refractivity contribution < 1.29 is 0 Å². The minimum Gasteiger partial charge on any atom is -0.346 e. The molecule has 1 N–H and O–H groups in total. The van der Waals surface area contributed by atoms with E-state index in [1.807, 2.05) is 0 Å². The van der Waals surface area contributed by atoms with Crippen LogP contribution in [-0.4, -0.2) is 35.5 Å². The van der Waals surface area contributed by atoms with E-state index in [2.05, 4.69) is 26.6 Å². The molecule has 5 heteroatoms. The van der Waals surface area contributed by atoms with Gasteiger partial charge in [-0.25, -0.2) is 4.98 Å². The van der Waals surface area contributed by atoms with Crippen LogP contribution >= 0.6 is 11.5 Å². The summed E-state index contributed by atoms with van der Waals surface area (Å²) >= 11 is 1.55. The third-order valence-corrected chi connectivity index (χ3v) is 4.08. The highest BCUT2D eigenvalue weighted by atomic mass is 32.1. The minimum absolute atomic E-state index is 0.602. The number of nitrogens with one attached hydrogen (secondary N) is 1. The fourth-order valence-corrected chi connectivity index (χ4v) is 2.78. The number of aromatic nitrogens is 2. The lowest BCUT2D eigenvalue weighted by atomic mass is 10.2. The fraction of sp³-hybridized carbons (Fsp3) is 0.800. The van der Waals surface area contributed by atoms with E-state index in [9.17, 15) is 0 Å². The first-order valence-electron chi connectivity index (χ1n) is 5.62. The Bertz CT molecular complexity index is 341. The van der Waals surface area contributed by atoms with Gasteiger partial charge < -0.3 is 10.2 Å². The summed E-state index contributed by atoms with van der Waals surface area (Å²) in [5.74, 6) is 1.75. The molecule has 3 rings (SSSR count). The molecule has 0 aromatic carbocycles. The van der Waals surface area contributed by atoms with Crippen molar-refractivity contribution in [3.63, 3.8) is 0 Å². The van der Waals surface area contributed by atoms with Gasteiger partial charge in [0, 0.05) is 37.1 Å². The Hall–Kier alpha value is -0.680. The number of anilines is 1. The molecule has 82 valence electrons. The lowest BCUT2D eigenvalue weighted by Crippen LogP contribution is -2.33. The molecular weight excluding hydrogens is 208 g/mol. The Kier molecular flexibility index (Phi) is 2.36. The summed E-state index contributed by atoms with van der Waals surface area (Å²) in [6.45, 7) is 2.21. The largest absolute Gasteiger partial charge is 0.346 e. The van der Waals surface area contributed by atoms with Crippen LogP contribution in [0.1, 0.15) is 31.0 Å². The van der Waals surface area contributed by atoms with E-state index >= 15 is 0 Å². The number of nitrogens with zero attached hydrogens (tertiary/aromatic N) is 3. The normalized spacial score (nSPS) is 25.8. The average Bonchev–Trinajstić information content (AvgIpc) is 2.83. The topological polar surface area (TPSA) is 41.1 Å². The van der Waals surface area contributed by atoms with Gasteiger partial charge in [-0.15, -0.1) is 0 Å². The molecule has 1 aliphatic heterocycles. The Labute approximate surface area is 93.9 Å². The monoisotopic (exact) mass is 224 g/mol. The van der Waals surface area contributed by atoms with E-state index in [0.717, 1.165) is 24.0 Å². The summed E-state index contributed by atoms with van der Waals surface area (Å²) in [6.07, 6.45) is 3.78. The first-order chi connectivity index (χ1) is 7.34. The highest BCUT2D eigenvalue weighted by molar-refractivity contribution is 7.09. The van der Waals surface area contributed by atoms with Crippen LogP contribution in [0.25, 0.3) is 0 Å². The molecule has 1 aromatic heterocycles. The van der Waals surface area contributed by atoms with E-state index < -0.39 is 0 Å². The molecule has 1 aromatic rings. The average molecular weight is 224 g/mol. The second-order valence-corrected chi connectivity index (χ2v) is 5.20. The maximum atomic E-state index is 4.62. The van der Waals surface area contributed by atoms with Crippen molar-refractivity contribution in [3.8, 4) is 0 Å². The van der Waals surface area contributed by atoms with Crippen molar-refractivity contribution in [1.29, 1.82) is 0 Å². The molecule has 1 saturated heterocycles. The lowest BCUT2D eigenvalue weighted by Gasteiger charge is -2.22. The maximum absolute atomic E-state index is 4.62.